The van der Waals surface area contributed by atoms with Gasteiger partial charge in [0.25, 0.3) is 0 Å². The summed E-state index contributed by atoms with van der Waals surface area (Å²) in [5, 5.41) is 11.2. The minimum absolute atomic E-state index is 0. The molecule has 35 heavy (non-hydrogen) atoms. The number of hydrogen-bond acceptors (Lipinski definition) is 4. The Kier molecular flexibility index (Phi) is 8.35. The third-order valence-corrected chi connectivity index (χ3v) is 5.54. The number of rotatable bonds is 6. The van der Waals surface area contributed by atoms with Crippen molar-refractivity contribution in [2.24, 2.45) is 0 Å². The van der Waals surface area contributed by atoms with Gasteiger partial charge >= 0.3 is 35.7 Å². The van der Waals surface area contributed by atoms with Crippen LogP contribution >= 0.6 is 0 Å². The van der Waals surface area contributed by atoms with Crippen molar-refractivity contribution in [3.63, 3.8) is 0 Å². The molecule has 1 heterocycles. The van der Waals surface area contributed by atoms with Gasteiger partial charge < -0.3 is 14.6 Å². The van der Waals surface area contributed by atoms with E-state index in [1.54, 1.807) is 0 Å². The summed E-state index contributed by atoms with van der Waals surface area (Å²) in [6, 6.07) is 9.87. The van der Waals surface area contributed by atoms with Gasteiger partial charge in [0.05, 0.1) is 11.5 Å². The first kappa shape index (κ1) is 26.8. The van der Waals surface area contributed by atoms with Gasteiger partial charge in [0.2, 0.25) is 5.88 Å². The van der Waals surface area contributed by atoms with Crippen LogP contribution in [0, 0.1) is 11.6 Å². The smallest absolute Gasteiger partial charge is 0.545 e. The molecule has 0 saturated heterocycles. The molecule has 4 nitrogen and oxygen atoms in total. The number of halogens is 5. The molecule has 0 aliphatic heterocycles. The first-order chi connectivity index (χ1) is 16.1. The van der Waals surface area contributed by atoms with Crippen molar-refractivity contribution in [1.29, 1.82) is 0 Å². The maximum atomic E-state index is 13.8. The Hall–Kier alpha value is -2.75. The largest absolute Gasteiger partial charge is 1.00 e. The molecule has 0 radical (unpaired) electrons. The van der Waals surface area contributed by atoms with Gasteiger partial charge in [-0.25, -0.2) is 13.8 Å². The number of hydrogen-bond donors (Lipinski definition) is 0. The second-order valence-corrected chi connectivity index (χ2v) is 7.78. The fourth-order valence-electron chi connectivity index (χ4n) is 3.90. The molecule has 0 unspecified atom stereocenters. The molecule has 0 spiro atoms. The number of benzene rings is 2. The van der Waals surface area contributed by atoms with Crippen LogP contribution in [0.25, 0.3) is 11.1 Å². The van der Waals surface area contributed by atoms with Crippen molar-refractivity contribution >= 4 is 17.1 Å². The zero-order chi connectivity index (χ0) is 24.5. The Morgan fingerprint density at radius 3 is 2.34 bits per heavy atom. The number of nitrogens with zero attached hydrogens (tertiary/aromatic N) is 1. The van der Waals surface area contributed by atoms with Gasteiger partial charge in [0, 0.05) is 17.3 Å². The molecule has 4 rings (SSSR count). The van der Waals surface area contributed by atoms with E-state index in [4.69, 9.17) is 4.74 Å². The summed E-state index contributed by atoms with van der Waals surface area (Å²) in [7, 11) is 0. The number of ether oxygens (including phenoxy) is 1. The molecule has 0 N–H and O–H groups in total. The summed E-state index contributed by atoms with van der Waals surface area (Å²) in [4.78, 5) is 15.1. The van der Waals surface area contributed by atoms with E-state index in [0.29, 0.717) is 47.7 Å². The third kappa shape index (κ3) is 6.09. The molecule has 0 amide bonds. The summed E-state index contributed by atoms with van der Waals surface area (Å²) in [6.07, 6.45) is -2.54. The zero-order valence-electron chi connectivity index (χ0n) is 18.6. The van der Waals surface area contributed by atoms with Crippen LogP contribution in [0.2, 0.25) is 0 Å². The molecule has 0 bridgehead atoms. The van der Waals surface area contributed by atoms with Gasteiger partial charge in [-0.05, 0) is 71.9 Å². The van der Waals surface area contributed by atoms with Crippen LogP contribution in [0.1, 0.15) is 51.9 Å². The Labute approximate surface area is 219 Å². The summed E-state index contributed by atoms with van der Waals surface area (Å²) >= 11 is 0. The predicted octanol–water partition coefficient (Wildman–Crippen LogP) is 2.42. The van der Waals surface area contributed by atoms with Crippen LogP contribution in [0.4, 0.5) is 22.0 Å². The van der Waals surface area contributed by atoms with E-state index in [1.165, 1.54) is 30.3 Å². The van der Waals surface area contributed by atoms with Gasteiger partial charge in [-0.3, -0.25) is 0 Å². The van der Waals surface area contributed by atoms with Gasteiger partial charge in [-0.15, -0.1) is 0 Å². The number of aromatic carboxylic acids is 1. The first-order valence-electron chi connectivity index (χ1n) is 10.3. The van der Waals surface area contributed by atoms with Gasteiger partial charge in [0.1, 0.15) is 18.2 Å². The fourth-order valence-corrected chi connectivity index (χ4v) is 3.90. The second kappa shape index (κ2) is 10.9. The standard InChI is InChI=1S/C25H18F5NO3.Na/c26-17-7-4-14(5-8-17)13-34-23-20(11-16(12-31-23)25(28,29)30)19-3-1-2-18(19)15-6-9-22(27)21(10-15)24(32)33;/h4-12H,1-3,13H2,(H,32,33);/q;+1/p-1. The molecule has 2 aromatic carbocycles. The van der Waals surface area contributed by atoms with Crippen molar-refractivity contribution in [3.8, 4) is 5.88 Å². The number of aromatic nitrogens is 1. The maximum absolute atomic E-state index is 13.8. The fraction of sp³-hybridized carbons (Fsp3) is 0.200. The minimum atomic E-state index is -4.64. The molecule has 3 aromatic rings. The van der Waals surface area contributed by atoms with Crippen LogP contribution in [0.15, 0.2) is 54.7 Å². The van der Waals surface area contributed by atoms with Crippen molar-refractivity contribution in [1.82, 2.24) is 4.98 Å². The Balaban J connectivity index is 0.00000342. The topological polar surface area (TPSA) is 62.2 Å². The molecule has 1 aliphatic carbocycles. The number of carbonyl (C=O) groups is 1. The van der Waals surface area contributed by atoms with Crippen LogP contribution in [-0.4, -0.2) is 11.0 Å². The van der Waals surface area contributed by atoms with Crippen LogP contribution in [-0.2, 0) is 12.8 Å². The van der Waals surface area contributed by atoms with Crippen molar-refractivity contribution in [2.45, 2.75) is 32.0 Å². The quantitative estimate of drug-likeness (QED) is 0.388. The summed E-state index contributed by atoms with van der Waals surface area (Å²) in [6.45, 7) is -0.0559. The monoisotopic (exact) mass is 497 g/mol. The average Bonchev–Trinajstić information content (AvgIpc) is 3.28. The molecule has 176 valence electrons. The zero-order valence-corrected chi connectivity index (χ0v) is 20.6. The average molecular weight is 497 g/mol. The minimum Gasteiger partial charge on any atom is -0.545 e. The number of carboxylic acids is 1. The molecule has 0 fully saturated rings. The number of carboxylic acid groups (broad SMARTS) is 1. The Morgan fingerprint density at radius 2 is 1.69 bits per heavy atom. The Morgan fingerprint density at radius 1 is 1.00 bits per heavy atom. The predicted molar refractivity (Wildman–Crippen MR) is 111 cm³/mol. The molecular formula is C25H17F5NNaO3. The van der Waals surface area contributed by atoms with Gasteiger partial charge in [-0.2, -0.15) is 13.2 Å². The molecule has 1 aromatic heterocycles. The van der Waals surface area contributed by atoms with E-state index < -0.39 is 34.9 Å². The van der Waals surface area contributed by atoms with E-state index in [2.05, 4.69) is 4.98 Å². The van der Waals surface area contributed by atoms with E-state index in [-0.39, 0.29) is 47.6 Å². The van der Waals surface area contributed by atoms with Crippen molar-refractivity contribution < 1.29 is 66.1 Å². The summed E-state index contributed by atoms with van der Waals surface area (Å²) < 4.78 is 73.0. The molecule has 0 saturated carbocycles. The van der Waals surface area contributed by atoms with Crippen LogP contribution < -0.4 is 39.4 Å². The van der Waals surface area contributed by atoms with Crippen molar-refractivity contribution in [3.05, 3.63) is 94.2 Å². The number of carbonyl (C=O) groups excluding carboxylic acids is 1. The first-order valence-corrected chi connectivity index (χ1v) is 10.3. The maximum Gasteiger partial charge on any atom is 1.00 e. The van der Waals surface area contributed by atoms with Crippen LogP contribution in [0.5, 0.6) is 5.88 Å². The van der Waals surface area contributed by atoms with E-state index in [1.807, 2.05) is 0 Å². The van der Waals surface area contributed by atoms with E-state index >= 15 is 0 Å². The second-order valence-electron chi connectivity index (χ2n) is 7.78. The third-order valence-electron chi connectivity index (χ3n) is 5.54. The number of allylic oxidation sites excluding steroid dienone is 2. The summed E-state index contributed by atoms with van der Waals surface area (Å²) in [5.41, 5.74) is 0.556. The van der Waals surface area contributed by atoms with Gasteiger partial charge in [0.15, 0.2) is 0 Å². The van der Waals surface area contributed by atoms with E-state index in [9.17, 15) is 31.9 Å². The number of pyridine rings is 1. The SMILES string of the molecule is O=C([O-])c1cc(C2=C(c3cc(C(F)(F)F)cnc3OCc3ccc(F)cc3)CCC2)ccc1F.[Na+]. The van der Waals surface area contributed by atoms with Crippen LogP contribution in [0.3, 0.4) is 0 Å². The molecule has 0 atom stereocenters. The molecular weight excluding hydrogens is 480 g/mol. The normalized spacial score (nSPS) is 13.5. The summed E-state index contributed by atoms with van der Waals surface area (Å²) in [5.74, 6) is -3.14. The van der Waals surface area contributed by atoms with E-state index in [0.717, 1.165) is 18.2 Å². The van der Waals surface area contributed by atoms with Crippen molar-refractivity contribution in [2.75, 3.05) is 0 Å². The Bertz CT molecular complexity index is 1270. The molecule has 10 heteroatoms. The van der Waals surface area contributed by atoms with Gasteiger partial charge in [-0.1, -0.05) is 18.2 Å². The number of alkyl halides is 3. The molecule has 1 aliphatic rings.